The second-order valence-electron chi connectivity index (χ2n) is 10.9. The zero-order valence-electron chi connectivity index (χ0n) is 22.7. The average molecular weight is 519 g/mol. The van der Waals surface area contributed by atoms with Crippen LogP contribution in [0.5, 0.6) is 0 Å². The second kappa shape index (κ2) is 11.2. The molecule has 0 radical (unpaired) electrons. The van der Waals surface area contributed by atoms with Gasteiger partial charge in [0.2, 0.25) is 0 Å². The summed E-state index contributed by atoms with van der Waals surface area (Å²) in [6.07, 6.45) is 4.97. The first kappa shape index (κ1) is 26.2. The fourth-order valence-electron chi connectivity index (χ4n) is 5.12. The Hall–Kier alpha value is -4.38. The summed E-state index contributed by atoms with van der Waals surface area (Å²) < 4.78 is 8.94. The Morgan fingerprint density at radius 1 is 0.795 bits per heavy atom. The van der Waals surface area contributed by atoms with Crippen molar-refractivity contribution in [2.24, 2.45) is 0 Å². The van der Waals surface area contributed by atoms with Gasteiger partial charge in [-0.15, -0.1) is 0 Å². The highest BCUT2D eigenvalue weighted by Gasteiger charge is 2.20. The molecule has 0 fully saturated rings. The maximum Gasteiger partial charge on any atom is 0.418 e. The molecule has 5 nitrogen and oxygen atoms in total. The number of pyridine rings is 1. The fourth-order valence-corrected chi connectivity index (χ4v) is 5.12. The minimum absolute atomic E-state index is 0.00656. The molecule has 0 atom stereocenters. The van der Waals surface area contributed by atoms with E-state index in [1.165, 1.54) is 11.1 Å². The summed E-state index contributed by atoms with van der Waals surface area (Å²) in [7, 11) is 0. The number of hydrogen-bond acceptors (Lipinski definition) is 3. The summed E-state index contributed by atoms with van der Waals surface area (Å²) in [5.74, 6) is 0.0422. The van der Waals surface area contributed by atoms with Crippen molar-refractivity contribution >= 4 is 17.0 Å². The minimum Gasteiger partial charge on any atom is -0.443 e. The van der Waals surface area contributed by atoms with Gasteiger partial charge in [0.1, 0.15) is 5.60 Å². The smallest absolute Gasteiger partial charge is 0.418 e. The van der Waals surface area contributed by atoms with E-state index in [0.29, 0.717) is 6.54 Å². The SMILES string of the molecule is CC(C)(C)OC(=O)n1ccc2c(CCCn3cc(C(c4ccccc4)c4ccccc4)ccc3=O)cccc21. The summed E-state index contributed by atoms with van der Waals surface area (Å²) in [6, 6.07) is 32.4. The molecule has 5 aromatic rings. The molecule has 0 bridgehead atoms. The monoisotopic (exact) mass is 518 g/mol. The number of ether oxygens (including phenoxy) is 1. The van der Waals surface area contributed by atoms with Crippen molar-refractivity contribution in [3.8, 4) is 0 Å². The number of rotatable bonds is 7. The Morgan fingerprint density at radius 2 is 1.46 bits per heavy atom. The first-order valence-corrected chi connectivity index (χ1v) is 13.4. The number of nitrogens with zero attached hydrogens (tertiary/aromatic N) is 2. The molecule has 5 rings (SSSR count). The van der Waals surface area contributed by atoms with Gasteiger partial charge in [0.25, 0.3) is 5.56 Å². The van der Waals surface area contributed by atoms with E-state index in [1.807, 2.05) is 67.9 Å². The summed E-state index contributed by atoms with van der Waals surface area (Å²) in [5, 5.41) is 1.03. The number of aryl methyl sites for hydroxylation is 2. The lowest BCUT2D eigenvalue weighted by atomic mass is 9.86. The van der Waals surface area contributed by atoms with Crippen molar-refractivity contribution in [1.82, 2.24) is 9.13 Å². The van der Waals surface area contributed by atoms with Crippen LogP contribution in [0.15, 0.2) is 114 Å². The summed E-state index contributed by atoms with van der Waals surface area (Å²) in [5.41, 5.74) is 4.87. The first-order valence-electron chi connectivity index (χ1n) is 13.4. The van der Waals surface area contributed by atoms with E-state index in [1.54, 1.807) is 16.8 Å². The molecule has 0 saturated carbocycles. The minimum atomic E-state index is -0.562. The molecular weight excluding hydrogens is 484 g/mol. The molecule has 0 N–H and O–H groups in total. The standard InChI is InChI=1S/C34H34N2O3/c1-34(2,3)39-33(38)36-23-21-29-25(16-10-18-30(29)36)17-11-22-35-24-28(19-20-31(35)37)32(26-12-6-4-7-13-26)27-14-8-5-9-15-27/h4-10,12-16,18-21,23-24,32H,11,17,22H2,1-3H3. The molecule has 2 aromatic heterocycles. The number of carbonyl (C=O) groups excluding carboxylic acids is 1. The quantitative estimate of drug-likeness (QED) is 0.226. The topological polar surface area (TPSA) is 53.2 Å². The van der Waals surface area contributed by atoms with Crippen LogP contribution in [0.3, 0.4) is 0 Å². The van der Waals surface area contributed by atoms with Gasteiger partial charge in [0.15, 0.2) is 0 Å². The molecule has 198 valence electrons. The maximum atomic E-state index is 12.8. The molecule has 3 aromatic carbocycles. The van der Waals surface area contributed by atoms with Crippen LogP contribution in [0.25, 0.3) is 10.9 Å². The number of aromatic nitrogens is 2. The van der Waals surface area contributed by atoms with Crippen LogP contribution < -0.4 is 5.56 Å². The molecule has 0 unspecified atom stereocenters. The van der Waals surface area contributed by atoms with Crippen LogP contribution in [-0.4, -0.2) is 20.8 Å². The molecule has 0 amide bonds. The lowest BCUT2D eigenvalue weighted by Crippen LogP contribution is -2.26. The van der Waals surface area contributed by atoms with Crippen molar-refractivity contribution in [3.63, 3.8) is 0 Å². The van der Waals surface area contributed by atoms with Crippen LogP contribution in [-0.2, 0) is 17.7 Å². The Labute approximate surface area is 229 Å². The van der Waals surface area contributed by atoms with Crippen molar-refractivity contribution in [3.05, 3.63) is 142 Å². The fraction of sp³-hybridized carbons (Fsp3) is 0.235. The van der Waals surface area contributed by atoms with Crippen molar-refractivity contribution < 1.29 is 9.53 Å². The van der Waals surface area contributed by atoms with Gasteiger partial charge in [-0.3, -0.25) is 9.36 Å². The summed E-state index contributed by atoms with van der Waals surface area (Å²) in [4.78, 5) is 25.5. The summed E-state index contributed by atoms with van der Waals surface area (Å²) >= 11 is 0. The highest BCUT2D eigenvalue weighted by molar-refractivity contribution is 5.91. The van der Waals surface area contributed by atoms with E-state index in [2.05, 4.69) is 54.6 Å². The number of carbonyl (C=O) groups is 1. The van der Waals surface area contributed by atoms with Crippen LogP contribution in [0, 0.1) is 0 Å². The van der Waals surface area contributed by atoms with Crippen molar-refractivity contribution in [1.29, 1.82) is 0 Å². The predicted octanol–water partition coefficient (Wildman–Crippen LogP) is 7.40. The van der Waals surface area contributed by atoms with E-state index in [4.69, 9.17) is 4.74 Å². The maximum absolute atomic E-state index is 12.8. The lowest BCUT2D eigenvalue weighted by molar-refractivity contribution is 0.0544. The molecule has 5 heteroatoms. The number of hydrogen-bond donors (Lipinski definition) is 0. The Bertz CT molecular complexity index is 1590. The molecule has 0 aliphatic rings. The zero-order chi connectivity index (χ0) is 27.4. The van der Waals surface area contributed by atoms with Crippen LogP contribution >= 0.6 is 0 Å². The molecule has 39 heavy (non-hydrogen) atoms. The van der Waals surface area contributed by atoms with Gasteiger partial charge in [-0.2, -0.15) is 0 Å². The number of fused-ring (bicyclic) bond motifs is 1. The molecule has 2 heterocycles. The van der Waals surface area contributed by atoms with E-state index in [9.17, 15) is 9.59 Å². The first-order chi connectivity index (χ1) is 18.8. The second-order valence-corrected chi connectivity index (χ2v) is 10.9. The largest absolute Gasteiger partial charge is 0.443 e. The highest BCUT2D eigenvalue weighted by atomic mass is 16.6. The van der Waals surface area contributed by atoms with E-state index < -0.39 is 5.60 Å². The van der Waals surface area contributed by atoms with Crippen molar-refractivity contribution in [2.75, 3.05) is 0 Å². The molecule has 0 spiro atoms. The normalized spacial score (nSPS) is 11.7. The molecule has 0 saturated heterocycles. The average Bonchev–Trinajstić information content (AvgIpc) is 3.36. The Balaban J connectivity index is 1.37. The van der Waals surface area contributed by atoms with Gasteiger partial charge in [0.05, 0.1) is 5.52 Å². The Kier molecular flexibility index (Phi) is 7.51. The molecule has 0 aliphatic carbocycles. The van der Waals surface area contributed by atoms with Gasteiger partial charge in [-0.05, 0) is 68.0 Å². The van der Waals surface area contributed by atoms with Gasteiger partial charge in [-0.1, -0.05) is 78.9 Å². The van der Waals surface area contributed by atoms with E-state index in [0.717, 1.165) is 34.9 Å². The van der Waals surface area contributed by atoms with E-state index in [-0.39, 0.29) is 17.6 Å². The Morgan fingerprint density at radius 3 is 2.10 bits per heavy atom. The zero-order valence-corrected chi connectivity index (χ0v) is 22.7. The van der Waals surface area contributed by atoms with Crippen LogP contribution in [0.4, 0.5) is 4.79 Å². The predicted molar refractivity (Wildman–Crippen MR) is 156 cm³/mol. The van der Waals surface area contributed by atoms with Gasteiger partial charge in [-0.25, -0.2) is 4.79 Å². The molecular formula is C34H34N2O3. The van der Waals surface area contributed by atoms with Gasteiger partial charge >= 0.3 is 6.09 Å². The third-order valence-corrected chi connectivity index (χ3v) is 6.86. The summed E-state index contributed by atoms with van der Waals surface area (Å²) in [6.45, 7) is 6.19. The molecule has 0 aliphatic heterocycles. The van der Waals surface area contributed by atoms with Crippen molar-refractivity contribution in [2.45, 2.75) is 51.7 Å². The van der Waals surface area contributed by atoms with E-state index >= 15 is 0 Å². The third-order valence-electron chi connectivity index (χ3n) is 6.86. The van der Waals surface area contributed by atoms with Crippen LogP contribution in [0.1, 0.15) is 55.4 Å². The van der Waals surface area contributed by atoms with Crippen LogP contribution in [0.2, 0.25) is 0 Å². The van der Waals surface area contributed by atoms with Gasteiger partial charge < -0.3 is 9.30 Å². The number of benzene rings is 3. The van der Waals surface area contributed by atoms with Gasteiger partial charge in [0, 0.05) is 36.3 Å². The third kappa shape index (κ3) is 6.04. The lowest BCUT2D eigenvalue weighted by Gasteiger charge is -2.20. The highest BCUT2D eigenvalue weighted by Crippen LogP contribution is 2.31.